The fraction of sp³-hybridized carbons (Fsp3) is 0.900. The summed E-state index contributed by atoms with van der Waals surface area (Å²) in [4.78, 5) is 12.8. The van der Waals surface area contributed by atoms with E-state index in [0.717, 1.165) is 44.9 Å². The first kappa shape index (κ1) is 23.9. The average molecular weight is 457 g/mol. The largest absolute Gasteiger partial charge is 0.481 e. The van der Waals surface area contributed by atoms with E-state index >= 15 is 0 Å². The standard InChI is InChI=1S/C30H48O3/c1-18-10-15-30(25(32)33)17-16-28(6)20(24(30)19(18)2)8-9-22-27(5)13-12-23(31)26(3,4)21(27)11-14-29(22,28)7/h8,18-19,21-24,31H,9-17H2,1-7H3,(H,32,33)/t18?,19-,21-,22+,23-,24-,27-,28+,29+,30-/m0/s1. The zero-order valence-corrected chi connectivity index (χ0v) is 22.2. The number of aliphatic carboxylic acids is 1. The Balaban J connectivity index is 1.61. The number of aliphatic hydroxyl groups is 1. The summed E-state index contributed by atoms with van der Waals surface area (Å²) in [6.07, 6.45) is 11.6. The van der Waals surface area contributed by atoms with Gasteiger partial charge in [0.05, 0.1) is 11.5 Å². The van der Waals surface area contributed by atoms with Crippen LogP contribution in [0.25, 0.3) is 0 Å². The van der Waals surface area contributed by atoms with Gasteiger partial charge in [0.2, 0.25) is 0 Å². The molecule has 186 valence electrons. The molecule has 0 amide bonds. The second kappa shape index (κ2) is 7.11. The third-order valence-corrected chi connectivity index (χ3v) is 13.4. The minimum absolute atomic E-state index is 0.0302. The molecule has 5 aliphatic carbocycles. The summed E-state index contributed by atoms with van der Waals surface area (Å²) >= 11 is 0. The summed E-state index contributed by atoms with van der Waals surface area (Å²) in [6.45, 7) is 17.0. The number of carboxylic acid groups (broad SMARTS) is 1. The van der Waals surface area contributed by atoms with E-state index in [-0.39, 0.29) is 33.7 Å². The summed E-state index contributed by atoms with van der Waals surface area (Å²) in [5.41, 5.74) is 1.46. The zero-order valence-electron chi connectivity index (χ0n) is 22.2. The van der Waals surface area contributed by atoms with Crippen molar-refractivity contribution in [2.45, 2.75) is 112 Å². The molecule has 0 aromatic heterocycles. The van der Waals surface area contributed by atoms with Gasteiger partial charge >= 0.3 is 5.97 Å². The number of fused-ring (bicyclic) bond motifs is 7. The fourth-order valence-electron chi connectivity index (χ4n) is 10.8. The van der Waals surface area contributed by atoms with Crippen molar-refractivity contribution in [2.24, 2.45) is 56.7 Å². The number of hydrogen-bond acceptors (Lipinski definition) is 2. The van der Waals surface area contributed by atoms with Crippen LogP contribution in [0.4, 0.5) is 0 Å². The molecule has 4 saturated carbocycles. The van der Waals surface area contributed by atoms with E-state index in [0.29, 0.717) is 23.7 Å². The Kier molecular flexibility index (Phi) is 5.15. The van der Waals surface area contributed by atoms with Gasteiger partial charge in [-0.15, -0.1) is 0 Å². The second-order valence-electron chi connectivity index (χ2n) is 14.5. The number of hydrogen-bond donors (Lipinski definition) is 2. The summed E-state index contributed by atoms with van der Waals surface area (Å²) in [7, 11) is 0. The van der Waals surface area contributed by atoms with Crippen molar-refractivity contribution in [3.05, 3.63) is 11.6 Å². The molecule has 4 fully saturated rings. The third-order valence-electron chi connectivity index (χ3n) is 13.4. The summed E-state index contributed by atoms with van der Waals surface area (Å²) in [5.74, 6) is 1.82. The maximum atomic E-state index is 12.8. The van der Waals surface area contributed by atoms with Crippen LogP contribution in [0.15, 0.2) is 11.6 Å². The average Bonchev–Trinajstić information content (AvgIpc) is 2.74. The van der Waals surface area contributed by atoms with Crippen molar-refractivity contribution in [1.29, 1.82) is 0 Å². The van der Waals surface area contributed by atoms with Gasteiger partial charge < -0.3 is 10.2 Å². The highest BCUT2D eigenvalue weighted by Gasteiger charge is 2.69. The predicted octanol–water partition coefficient (Wildman–Crippen LogP) is 7.09. The summed E-state index contributed by atoms with van der Waals surface area (Å²) in [5, 5.41) is 21.4. The molecule has 0 saturated heterocycles. The zero-order chi connectivity index (χ0) is 24.2. The smallest absolute Gasteiger partial charge is 0.310 e. The molecule has 10 atom stereocenters. The number of aliphatic hydroxyl groups excluding tert-OH is 1. The molecular formula is C30H48O3. The van der Waals surface area contributed by atoms with Crippen LogP contribution in [-0.2, 0) is 4.79 Å². The molecule has 0 aromatic carbocycles. The normalized spacial score (nSPS) is 55.3. The lowest BCUT2D eigenvalue weighted by molar-refractivity contribution is -0.206. The van der Waals surface area contributed by atoms with E-state index in [4.69, 9.17) is 0 Å². The second-order valence-corrected chi connectivity index (χ2v) is 14.5. The molecule has 5 aliphatic rings. The maximum absolute atomic E-state index is 12.8. The van der Waals surface area contributed by atoms with E-state index in [1.54, 1.807) is 0 Å². The van der Waals surface area contributed by atoms with Crippen molar-refractivity contribution in [1.82, 2.24) is 0 Å². The highest BCUT2D eigenvalue weighted by Crippen LogP contribution is 2.75. The molecule has 3 nitrogen and oxygen atoms in total. The Labute approximate surface area is 201 Å². The Morgan fingerprint density at radius 3 is 2.27 bits per heavy atom. The topological polar surface area (TPSA) is 57.5 Å². The summed E-state index contributed by atoms with van der Waals surface area (Å²) in [6, 6.07) is 0. The van der Waals surface area contributed by atoms with E-state index in [2.05, 4.69) is 54.5 Å². The number of allylic oxidation sites excluding steroid dienone is 2. The van der Waals surface area contributed by atoms with Gasteiger partial charge in [0.25, 0.3) is 0 Å². The molecule has 1 unspecified atom stereocenters. The van der Waals surface area contributed by atoms with Crippen LogP contribution in [0.5, 0.6) is 0 Å². The van der Waals surface area contributed by atoms with Gasteiger partial charge in [-0.1, -0.05) is 60.1 Å². The van der Waals surface area contributed by atoms with Gasteiger partial charge in [-0.2, -0.15) is 0 Å². The minimum atomic E-state index is -0.557. The van der Waals surface area contributed by atoms with Gasteiger partial charge in [-0.25, -0.2) is 0 Å². The fourth-order valence-corrected chi connectivity index (χ4v) is 10.8. The molecule has 0 radical (unpaired) electrons. The number of rotatable bonds is 1. The van der Waals surface area contributed by atoms with Gasteiger partial charge in [-0.3, -0.25) is 4.79 Å². The van der Waals surface area contributed by atoms with Crippen molar-refractivity contribution < 1.29 is 15.0 Å². The highest BCUT2D eigenvalue weighted by atomic mass is 16.4. The van der Waals surface area contributed by atoms with Crippen molar-refractivity contribution in [2.75, 3.05) is 0 Å². The Morgan fingerprint density at radius 2 is 1.61 bits per heavy atom. The van der Waals surface area contributed by atoms with Crippen LogP contribution >= 0.6 is 0 Å². The SMILES string of the molecule is CC1CC[C@]2(C(=O)O)CC[C@]3(C)C(=CC[C@@H]4[C@@]5(C)CC[C@H](O)C(C)(C)[C@@H]5CC[C@]43C)[C@@H]2[C@H]1C. The highest BCUT2D eigenvalue weighted by molar-refractivity contribution is 5.76. The lowest BCUT2D eigenvalue weighted by atomic mass is 9.33. The maximum Gasteiger partial charge on any atom is 0.310 e. The molecule has 0 heterocycles. The first-order valence-electron chi connectivity index (χ1n) is 13.9. The molecule has 33 heavy (non-hydrogen) atoms. The van der Waals surface area contributed by atoms with Crippen LogP contribution in [-0.4, -0.2) is 22.3 Å². The first-order chi connectivity index (χ1) is 15.3. The van der Waals surface area contributed by atoms with Crippen molar-refractivity contribution in [3.8, 4) is 0 Å². The van der Waals surface area contributed by atoms with E-state index in [1.165, 1.54) is 18.4 Å². The van der Waals surface area contributed by atoms with Gasteiger partial charge in [0.15, 0.2) is 0 Å². The molecule has 0 spiro atoms. The molecule has 2 N–H and O–H groups in total. The van der Waals surface area contributed by atoms with E-state index in [1.807, 2.05) is 0 Å². The molecule has 0 aromatic rings. The van der Waals surface area contributed by atoms with Gasteiger partial charge in [0.1, 0.15) is 0 Å². The third kappa shape index (κ3) is 2.75. The lowest BCUT2D eigenvalue weighted by Gasteiger charge is -2.71. The van der Waals surface area contributed by atoms with Crippen LogP contribution in [0.2, 0.25) is 0 Å². The van der Waals surface area contributed by atoms with Crippen LogP contribution < -0.4 is 0 Å². The Bertz CT molecular complexity index is 874. The first-order valence-corrected chi connectivity index (χ1v) is 13.9. The van der Waals surface area contributed by atoms with E-state index < -0.39 is 11.4 Å². The van der Waals surface area contributed by atoms with Gasteiger partial charge in [0, 0.05) is 0 Å². The quantitative estimate of drug-likeness (QED) is 0.414. The van der Waals surface area contributed by atoms with E-state index in [9.17, 15) is 15.0 Å². The molecule has 0 bridgehead atoms. The van der Waals surface area contributed by atoms with Crippen LogP contribution in [0.3, 0.4) is 0 Å². The van der Waals surface area contributed by atoms with Crippen molar-refractivity contribution >= 4 is 5.97 Å². The van der Waals surface area contributed by atoms with Gasteiger partial charge in [-0.05, 0) is 109 Å². The number of carbonyl (C=O) groups is 1. The Hall–Kier alpha value is -0.830. The molecular weight excluding hydrogens is 408 g/mol. The summed E-state index contributed by atoms with van der Waals surface area (Å²) < 4.78 is 0. The predicted molar refractivity (Wildman–Crippen MR) is 133 cm³/mol. The van der Waals surface area contributed by atoms with Crippen LogP contribution in [0.1, 0.15) is 106 Å². The molecule has 5 rings (SSSR count). The Morgan fingerprint density at radius 1 is 0.909 bits per heavy atom. The lowest BCUT2D eigenvalue weighted by Crippen LogP contribution is -2.65. The number of carboxylic acids is 1. The van der Waals surface area contributed by atoms with Crippen molar-refractivity contribution in [3.63, 3.8) is 0 Å². The molecule has 3 heteroatoms. The monoisotopic (exact) mass is 456 g/mol. The van der Waals surface area contributed by atoms with Crippen LogP contribution in [0, 0.1) is 56.7 Å². The molecule has 0 aliphatic heterocycles. The minimum Gasteiger partial charge on any atom is -0.481 e.